The summed E-state index contributed by atoms with van der Waals surface area (Å²) in [5, 5.41) is 13.7. The second-order valence-electron chi connectivity index (χ2n) is 8.03. The maximum absolute atomic E-state index is 12.9. The smallest absolute Gasteiger partial charge is 0.271 e. The molecule has 1 aliphatic heterocycles. The van der Waals surface area contributed by atoms with Gasteiger partial charge in [0.15, 0.2) is 0 Å². The highest BCUT2D eigenvalue weighted by Crippen LogP contribution is 2.22. The van der Waals surface area contributed by atoms with Crippen LogP contribution in [-0.4, -0.2) is 46.2 Å². The Bertz CT molecular complexity index is 1390. The van der Waals surface area contributed by atoms with E-state index in [1.807, 2.05) is 0 Å². The topological polar surface area (TPSA) is 145 Å². The average Bonchev–Trinajstić information content (AvgIpc) is 3.11. The van der Waals surface area contributed by atoms with Crippen molar-refractivity contribution >= 4 is 38.2 Å². The highest BCUT2D eigenvalue weighted by molar-refractivity contribution is 7.89. The highest BCUT2D eigenvalue weighted by Gasteiger charge is 2.25. The molecule has 12 heteroatoms. The van der Waals surface area contributed by atoms with Crippen molar-refractivity contribution in [3.05, 3.63) is 69.3 Å². The van der Waals surface area contributed by atoms with Gasteiger partial charge in [-0.15, -0.1) is 0 Å². The van der Waals surface area contributed by atoms with E-state index >= 15 is 0 Å². The molecule has 0 radical (unpaired) electrons. The van der Waals surface area contributed by atoms with Gasteiger partial charge in [-0.25, -0.2) is 13.4 Å². The highest BCUT2D eigenvalue weighted by atomic mass is 32.2. The number of amides is 1. The van der Waals surface area contributed by atoms with Crippen molar-refractivity contribution in [3.63, 3.8) is 0 Å². The molecule has 2 aromatic carbocycles. The Morgan fingerprint density at radius 1 is 1.06 bits per heavy atom. The maximum Gasteiger partial charge on any atom is 0.271 e. The lowest BCUT2D eigenvalue weighted by atomic mass is 10.2. The molecule has 0 spiro atoms. The summed E-state index contributed by atoms with van der Waals surface area (Å²) in [7, 11) is -3.59. The first-order valence-electron chi connectivity index (χ1n) is 10.8. The third-order valence-electron chi connectivity index (χ3n) is 5.67. The molecule has 1 amide bonds. The van der Waals surface area contributed by atoms with Gasteiger partial charge in [-0.2, -0.15) is 4.31 Å². The normalized spacial score (nSPS) is 15.1. The molecule has 1 fully saturated rings. The van der Waals surface area contributed by atoms with E-state index in [2.05, 4.69) is 10.3 Å². The lowest BCUT2D eigenvalue weighted by Gasteiger charge is -2.20. The average molecular weight is 486 g/mol. The van der Waals surface area contributed by atoms with Crippen molar-refractivity contribution in [1.82, 2.24) is 13.9 Å². The molecule has 1 aromatic heterocycles. The van der Waals surface area contributed by atoms with Crippen LogP contribution >= 0.6 is 0 Å². The van der Waals surface area contributed by atoms with Gasteiger partial charge in [0, 0.05) is 30.9 Å². The van der Waals surface area contributed by atoms with E-state index in [0.29, 0.717) is 18.8 Å². The minimum atomic E-state index is -3.59. The standard InChI is InChI=1S/C22H23N5O6S/c28-21(14-25-15-23-20-13-17(27(30)31)7-10-19(20)22(25)29)24-16-5-8-18(9-6-16)34(32,33)26-11-3-1-2-4-12-26/h5-10,13,15H,1-4,11-12,14H2,(H,24,28). The molecule has 34 heavy (non-hydrogen) atoms. The number of benzene rings is 2. The maximum atomic E-state index is 12.9. The summed E-state index contributed by atoms with van der Waals surface area (Å²) < 4.78 is 28.3. The zero-order valence-electron chi connectivity index (χ0n) is 18.2. The molecule has 0 aliphatic carbocycles. The number of anilines is 1. The number of sulfonamides is 1. The van der Waals surface area contributed by atoms with Gasteiger partial charge in [-0.3, -0.25) is 24.3 Å². The summed E-state index contributed by atoms with van der Waals surface area (Å²) in [6.07, 6.45) is 4.88. The number of nitrogens with zero attached hydrogens (tertiary/aromatic N) is 4. The quantitative estimate of drug-likeness (QED) is 0.417. The molecule has 3 aromatic rings. The number of aromatic nitrogens is 2. The number of rotatable bonds is 6. The summed E-state index contributed by atoms with van der Waals surface area (Å²) in [5.41, 5.74) is -0.139. The van der Waals surface area contributed by atoms with E-state index < -0.39 is 26.4 Å². The van der Waals surface area contributed by atoms with Gasteiger partial charge in [0.1, 0.15) is 6.54 Å². The number of non-ortho nitro benzene ring substituents is 1. The van der Waals surface area contributed by atoms with E-state index in [0.717, 1.165) is 36.6 Å². The van der Waals surface area contributed by atoms with Crippen LogP contribution in [0.25, 0.3) is 10.9 Å². The molecule has 0 saturated carbocycles. The monoisotopic (exact) mass is 485 g/mol. The molecule has 4 rings (SSSR count). The van der Waals surface area contributed by atoms with Crippen LogP contribution in [0.1, 0.15) is 25.7 Å². The Kier molecular flexibility index (Phi) is 6.70. The van der Waals surface area contributed by atoms with Gasteiger partial charge in [-0.05, 0) is 43.2 Å². The van der Waals surface area contributed by atoms with Crippen molar-refractivity contribution in [1.29, 1.82) is 0 Å². The number of hydrogen-bond acceptors (Lipinski definition) is 7. The summed E-state index contributed by atoms with van der Waals surface area (Å²) in [5.74, 6) is -0.506. The van der Waals surface area contributed by atoms with Gasteiger partial charge in [0.25, 0.3) is 11.2 Å². The first kappa shape index (κ1) is 23.5. The Morgan fingerprint density at radius 3 is 2.38 bits per heavy atom. The summed E-state index contributed by atoms with van der Waals surface area (Å²) in [6, 6.07) is 9.62. The first-order chi connectivity index (χ1) is 16.3. The van der Waals surface area contributed by atoms with E-state index in [1.165, 1.54) is 46.8 Å². The molecular weight excluding hydrogens is 462 g/mol. The number of fused-ring (bicyclic) bond motifs is 1. The van der Waals surface area contributed by atoms with Crippen LogP contribution in [0.3, 0.4) is 0 Å². The Hall–Kier alpha value is -3.64. The van der Waals surface area contributed by atoms with Gasteiger partial charge in [0.2, 0.25) is 15.9 Å². The van der Waals surface area contributed by atoms with Gasteiger partial charge >= 0.3 is 0 Å². The lowest BCUT2D eigenvalue weighted by molar-refractivity contribution is -0.384. The van der Waals surface area contributed by atoms with Crippen molar-refractivity contribution in [2.45, 2.75) is 37.1 Å². The summed E-state index contributed by atoms with van der Waals surface area (Å²) >= 11 is 0. The molecule has 1 N–H and O–H groups in total. The van der Waals surface area contributed by atoms with Crippen molar-refractivity contribution in [3.8, 4) is 0 Å². The van der Waals surface area contributed by atoms with Crippen LogP contribution < -0.4 is 10.9 Å². The van der Waals surface area contributed by atoms with Crippen LogP contribution in [0, 0.1) is 10.1 Å². The van der Waals surface area contributed by atoms with Crippen molar-refractivity contribution < 1.29 is 18.1 Å². The number of carbonyl (C=O) groups is 1. The molecule has 178 valence electrons. The molecule has 11 nitrogen and oxygen atoms in total. The Morgan fingerprint density at radius 2 is 1.74 bits per heavy atom. The van der Waals surface area contributed by atoms with Gasteiger partial charge < -0.3 is 5.32 Å². The number of nitro groups is 1. The van der Waals surface area contributed by atoms with Crippen molar-refractivity contribution in [2.75, 3.05) is 18.4 Å². The molecule has 0 unspecified atom stereocenters. The summed E-state index contributed by atoms with van der Waals surface area (Å²) in [6.45, 7) is 0.679. The SMILES string of the molecule is O=C(Cn1cnc2cc([N+](=O)[O-])ccc2c1=O)Nc1ccc(S(=O)(=O)N2CCCCCC2)cc1. The largest absolute Gasteiger partial charge is 0.325 e. The van der Waals surface area contributed by atoms with E-state index in [1.54, 1.807) is 0 Å². The molecule has 0 atom stereocenters. The van der Waals surface area contributed by atoms with E-state index in [4.69, 9.17) is 0 Å². The second-order valence-corrected chi connectivity index (χ2v) is 9.96. The zero-order chi connectivity index (χ0) is 24.3. The van der Waals surface area contributed by atoms with Crippen LogP contribution in [0.5, 0.6) is 0 Å². The number of hydrogen-bond donors (Lipinski definition) is 1. The fourth-order valence-electron chi connectivity index (χ4n) is 3.87. The van der Waals surface area contributed by atoms with Gasteiger partial charge in [-0.1, -0.05) is 12.8 Å². The zero-order valence-corrected chi connectivity index (χ0v) is 19.0. The van der Waals surface area contributed by atoms with E-state index in [9.17, 15) is 28.1 Å². The molecule has 1 aliphatic rings. The summed E-state index contributed by atoms with van der Waals surface area (Å²) in [4.78, 5) is 39.6. The van der Waals surface area contributed by atoms with Crippen LogP contribution in [-0.2, 0) is 21.4 Å². The number of nitro benzene ring substituents is 1. The van der Waals surface area contributed by atoms with Crippen molar-refractivity contribution in [2.24, 2.45) is 0 Å². The fraction of sp³-hybridized carbons (Fsp3) is 0.318. The fourth-order valence-corrected chi connectivity index (χ4v) is 5.39. The minimum absolute atomic E-state index is 0.156. The molecule has 1 saturated heterocycles. The molecular formula is C22H23N5O6S. The predicted octanol–water partition coefficient (Wildman–Crippen LogP) is 2.51. The predicted molar refractivity (Wildman–Crippen MR) is 125 cm³/mol. The third kappa shape index (κ3) is 4.97. The van der Waals surface area contributed by atoms with Gasteiger partial charge in [0.05, 0.1) is 27.0 Å². The number of carbonyl (C=O) groups excluding carboxylic acids is 1. The molecule has 0 bridgehead atoms. The Balaban J connectivity index is 1.45. The molecule has 2 heterocycles. The third-order valence-corrected chi connectivity index (χ3v) is 7.59. The lowest BCUT2D eigenvalue weighted by Crippen LogP contribution is -2.32. The first-order valence-corrected chi connectivity index (χ1v) is 12.2. The van der Waals surface area contributed by atoms with E-state index in [-0.39, 0.29) is 28.0 Å². The minimum Gasteiger partial charge on any atom is -0.325 e. The number of nitrogens with one attached hydrogen (secondary N) is 1. The van der Waals surface area contributed by atoms with Crippen LogP contribution in [0.4, 0.5) is 11.4 Å². The van der Waals surface area contributed by atoms with Crippen LogP contribution in [0.15, 0.2) is 58.5 Å². The Labute approximate surface area is 195 Å². The second kappa shape index (κ2) is 9.69. The van der Waals surface area contributed by atoms with Crippen LogP contribution in [0.2, 0.25) is 0 Å².